The predicted molar refractivity (Wildman–Crippen MR) is 90.7 cm³/mol. The minimum absolute atomic E-state index is 0.169. The molecule has 2 N–H and O–H groups in total. The van der Waals surface area contributed by atoms with E-state index in [2.05, 4.69) is 22.5 Å². The zero-order chi connectivity index (χ0) is 15.8. The Kier molecular flexibility index (Phi) is 7.86. The van der Waals surface area contributed by atoms with E-state index in [-0.39, 0.29) is 12.0 Å². The first-order chi connectivity index (χ1) is 9.99. The van der Waals surface area contributed by atoms with Crippen LogP contribution in [0, 0.1) is 0 Å². The molecule has 4 nitrogen and oxygen atoms in total. The summed E-state index contributed by atoms with van der Waals surface area (Å²) >= 11 is 12.4. The van der Waals surface area contributed by atoms with Crippen LogP contribution in [0.15, 0.2) is 23.2 Å². The van der Waals surface area contributed by atoms with Gasteiger partial charge in [-0.3, -0.25) is 4.99 Å². The molecule has 1 aromatic carbocycles. The van der Waals surface area contributed by atoms with E-state index in [0.717, 1.165) is 11.5 Å². The van der Waals surface area contributed by atoms with Crippen LogP contribution < -0.4 is 10.6 Å². The Balaban J connectivity index is 2.61. The SMILES string of the molecule is CN=C(NCC(C)c1c(Cl)cccc1Cl)NC(C)COC. The Morgan fingerprint density at radius 1 is 1.29 bits per heavy atom. The molecule has 0 aromatic heterocycles. The summed E-state index contributed by atoms with van der Waals surface area (Å²) in [5, 5.41) is 7.90. The highest BCUT2D eigenvalue weighted by Crippen LogP contribution is 2.30. The third-order valence-electron chi connectivity index (χ3n) is 3.09. The summed E-state index contributed by atoms with van der Waals surface area (Å²) in [6.07, 6.45) is 0. The smallest absolute Gasteiger partial charge is 0.191 e. The van der Waals surface area contributed by atoms with Crippen LogP contribution in [-0.4, -0.2) is 39.3 Å². The monoisotopic (exact) mass is 331 g/mol. The van der Waals surface area contributed by atoms with Crippen molar-refractivity contribution in [1.82, 2.24) is 10.6 Å². The van der Waals surface area contributed by atoms with Crippen molar-refractivity contribution in [3.63, 3.8) is 0 Å². The van der Waals surface area contributed by atoms with Crippen molar-refractivity contribution in [3.05, 3.63) is 33.8 Å². The molecule has 1 rings (SSSR count). The van der Waals surface area contributed by atoms with E-state index < -0.39 is 0 Å². The number of nitrogens with one attached hydrogen (secondary N) is 2. The van der Waals surface area contributed by atoms with E-state index in [1.165, 1.54) is 0 Å². The molecule has 1 aromatic rings. The van der Waals surface area contributed by atoms with Crippen molar-refractivity contribution in [3.8, 4) is 0 Å². The molecule has 118 valence electrons. The van der Waals surface area contributed by atoms with Gasteiger partial charge in [0.15, 0.2) is 5.96 Å². The van der Waals surface area contributed by atoms with Gasteiger partial charge in [0.2, 0.25) is 0 Å². The van der Waals surface area contributed by atoms with E-state index in [4.69, 9.17) is 27.9 Å². The van der Waals surface area contributed by atoms with Crippen molar-refractivity contribution >= 4 is 29.2 Å². The minimum atomic E-state index is 0.169. The zero-order valence-electron chi connectivity index (χ0n) is 12.9. The molecule has 0 spiro atoms. The molecule has 0 bridgehead atoms. The van der Waals surface area contributed by atoms with Gasteiger partial charge in [0.1, 0.15) is 0 Å². The number of ether oxygens (including phenoxy) is 1. The Labute approximate surface area is 136 Å². The van der Waals surface area contributed by atoms with Gasteiger partial charge in [-0.1, -0.05) is 36.2 Å². The molecule has 0 fully saturated rings. The summed E-state index contributed by atoms with van der Waals surface area (Å²) < 4.78 is 5.10. The Morgan fingerprint density at radius 2 is 1.90 bits per heavy atom. The number of halogens is 2. The van der Waals surface area contributed by atoms with Crippen LogP contribution in [0.2, 0.25) is 10.0 Å². The van der Waals surface area contributed by atoms with Crippen LogP contribution in [0.1, 0.15) is 25.3 Å². The van der Waals surface area contributed by atoms with E-state index >= 15 is 0 Å². The van der Waals surface area contributed by atoms with Gasteiger partial charge in [-0.2, -0.15) is 0 Å². The number of hydrogen-bond donors (Lipinski definition) is 2. The summed E-state index contributed by atoms with van der Waals surface area (Å²) in [6, 6.07) is 5.74. The molecule has 0 saturated heterocycles. The first-order valence-corrected chi connectivity index (χ1v) is 7.65. The van der Waals surface area contributed by atoms with Crippen LogP contribution in [0.4, 0.5) is 0 Å². The lowest BCUT2D eigenvalue weighted by Gasteiger charge is -2.20. The second-order valence-corrected chi connectivity index (χ2v) is 5.80. The molecule has 0 amide bonds. The molecule has 21 heavy (non-hydrogen) atoms. The summed E-state index contributed by atoms with van der Waals surface area (Å²) in [6.45, 7) is 5.41. The normalized spacial score (nSPS) is 14.7. The number of aliphatic imine (C=N–C) groups is 1. The molecule has 6 heteroatoms. The molecule has 2 atom stereocenters. The number of nitrogens with zero attached hydrogens (tertiary/aromatic N) is 1. The van der Waals surface area contributed by atoms with Gasteiger partial charge in [0.05, 0.1) is 6.61 Å². The van der Waals surface area contributed by atoms with Crippen molar-refractivity contribution in [1.29, 1.82) is 0 Å². The average molecular weight is 332 g/mol. The maximum Gasteiger partial charge on any atom is 0.191 e. The second-order valence-electron chi connectivity index (χ2n) is 4.99. The number of benzene rings is 1. The summed E-state index contributed by atoms with van der Waals surface area (Å²) in [4.78, 5) is 4.19. The Morgan fingerprint density at radius 3 is 2.43 bits per heavy atom. The van der Waals surface area contributed by atoms with Gasteiger partial charge in [-0.05, 0) is 24.6 Å². The van der Waals surface area contributed by atoms with Crippen LogP contribution >= 0.6 is 23.2 Å². The van der Waals surface area contributed by atoms with Crippen LogP contribution in [0.25, 0.3) is 0 Å². The van der Waals surface area contributed by atoms with Crippen molar-refractivity contribution < 1.29 is 4.74 Å². The lowest BCUT2D eigenvalue weighted by Crippen LogP contribution is -2.44. The van der Waals surface area contributed by atoms with E-state index in [9.17, 15) is 0 Å². The minimum Gasteiger partial charge on any atom is -0.383 e. The molecule has 0 radical (unpaired) electrons. The fourth-order valence-corrected chi connectivity index (χ4v) is 2.82. The molecule has 0 heterocycles. The van der Waals surface area contributed by atoms with Gasteiger partial charge in [-0.25, -0.2) is 0 Å². The Bertz CT molecular complexity index is 460. The van der Waals surface area contributed by atoms with Crippen LogP contribution in [0.5, 0.6) is 0 Å². The lowest BCUT2D eigenvalue weighted by atomic mass is 10.0. The molecule has 2 unspecified atom stereocenters. The standard InChI is InChI=1S/C15H23Cl2N3O/c1-10(14-12(16)6-5-7-13(14)17)8-19-15(18-3)20-11(2)9-21-4/h5-7,10-11H,8-9H2,1-4H3,(H2,18,19,20). The summed E-state index contributed by atoms with van der Waals surface area (Å²) in [5.41, 5.74) is 0.953. The quantitative estimate of drug-likeness (QED) is 0.621. The first-order valence-electron chi connectivity index (χ1n) is 6.89. The average Bonchev–Trinajstić information content (AvgIpc) is 2.43. The third-order valence-corrected chi connectivity index (χ3v) is 3.75. The fraction of sp³-hybridized carbons (Fsp3) is 0.533. The predicted octanol–water partition coefficient (Wildman–Crippen LogP) is 3.30. The van der Waals surface area contributed by atoms with Gasteiger partial charge in [-0.15, -0.1) is 0 Å². The number of guanidine groups is 1. The third kappa shape index (κ3) is 5.73. The highest BCUT2D eigenvalue weighted by molar-refractivity contribution is 6.36. The second kappa shape index (κ2) is 9.13. The van der Waals surface area contributed by atoms with Gasteiger partial charge in [0.25, 0.3) is 0 Å². The van der Waals surface area contributed by atoms with Crippen LogP contribution in [-0.2, 0) is 4.74 Å². The van der Waals surface area contributed by atoms with Crippen molar-refractivity contribution in [2.24, 2.45) is 4.99 Å². The highest BCUT2D eigenvalue weighted by atomic mass is 35.5. The topological polar surface area (TPSA) is 45.7 Å². The Hall–Kier alpha value is -0.970. The summed E-state index contributed by atoms with van der Waals surface area (Å²) in [5.74, 6) is 0.900. The van der Waals surface area contributed by atoms with E-state index in [1.807, 2.05) is 25.1 Å². The van der Waals surface area contributed by atoms with Gasteiger partial charge < -0.3 is 15.4 Å². The maximum absolute atomic E-state index is 6.22. The van der Waals surface area contributed by atoms with Gasteiger partial charge >= 0.3 is 0 Å². The maximum atomic E-state index is 6.22. The van der Waals surface area contributed by atoms with Crippen LogP contribution in [0.3, 0.4) is 0 Å². The zero-order valence-corrected chi connectivity index (χ0v) is 14.4. The first kappa shape index (κ1) is 18.1. The van der Waals surface area contributed by atoms with Crippen molar-refractivity contribution in [2.75, 3.05) is 27.3 Å². The van der Waals surface area contributed by atoms with E-state index in [0.29, 0.717) is 23.2 Å². The number of methoxy groups -OCH3 is 1. The van der Waals surface area contributed by atoms with Crippen molar-refractivity contribution in [2.45, 2.75) is 25.8 Å². The molecule has 0 saturated carbocycles. The number of rotatable bonds is 6. The molecule has 0 aliphatic heterocycles. The number of hydrogen-bond acceptors (Lipinski definition) is 2. The fourth-order valence-electron chi connectivity index (χ4n) is 2.05. The lowest BCUT2D eigenvalue weighted by molar-refractivity contribution is 0.179. The largest absolute Gasteiger partial charge is 0.383 e. The molecule has 0 aliphatic rings. The van der Waals surface area contributed by atoms with Gasteiger partial charge in [0, 0.05) is 42.7 Å². The van der Waals surface area contributed by atoms with E-state index in [1.54, 1.807) is 14.2 Å². The summed E-state index contributed by atoms with van der Waals surface area (Å²) in [7, 11) is 3.41. The molecular formula is C15H23Cl2N3O. The highest BCUT2D eigenvalue weighted by Gasteiger charge is 2.14. The molecule has 0 aliphatic carbocycles. The molecular weight excluding hydrogens is 309 g/mol.